The van der Waals surface area contributed by atoms with Crippen LogP contribution >= 0.6 is 0 Å². The van der Waals surface area contributed by atoms with Crippen molar-refractivity contribution in [1.82, 2.24) is 0 Å². The van der Waals surface area contributed by atoms with Gasteiger partial charge in [0.25, 0.3) is 0 Å². The Morgan fingerprint density at radius 1 is 0.611 bits per heavy atom. The fourth-order valence-corrected chi connectivity index (χ4v) is 8.89. The van der Waals surface area contributed by atoms with Crippen LogP contribution in [-0.2, 0) is 5.41 Å². The first kappa shape index (κ1) is 33.4. The maximum Gasteiger partial charge on any atom is 0.0991 e. The van der Waals surface area contributed by atoms with Crippen LogP contribution in [0.25, 0.3) is 39.0 Å². The fourth-order valence-electron chi connectivity index (χ4n) is 8.89. The Kier molecular flexibility index (Phi) is 8.57. The zero-order valence-corrected chi connectivity index (χ0v) is 30.7. The first-order chi connectivity index (χ1) is 26.5. The quantitative estimate of drug-likeness (QED) is 0.181. The minimum atomic E-state index is -0.394. The molecule has 6 aromatic rings. The van der Waals surface area contributed by atoms with Gasteiger partial charge in [0.15, 0.2) is 0 Å². The number of hydrogen-bond donors (Lipinski definition) is 1. The molecule has 260 valence electrons. The molecule has 4 unspecified atom stereocenters. The zero-order chi connectivity index (χ0) is 36.6. The Balaban J connectivity index is 1.10. The summed E-state index contributed by atoms with van der Waals surface area (Å²) in [5, 5.41) is 13.3. The molecule has 0 spiro atoms. The summed E-state index contributed by atoms with van der Waals surface area (Å²) in [5.41, 5.74) is 16.4. The van der Waals surface area contributed by atoms with E-state index in [1.165, 1.54) is 44.5 Å². The Labute approximate surface area is 319 Å². The highest BCUT2D eigenvalue weighted by Gasteiger charge is 2.50. The summed E-state index contributed by atoms with van der Waals surface area (Å²) in [7, 11) is 0. The third-order valence-corrected chi connectivity index (χ3v) is 11.5. The van der Waals surface area contributed by atoms with Crippen molar-refractivity contribution in [3.8, 4) is 39.4 Å². The number of para-hydroxylation sites is 1. The standard InChI is InChI=1S/C52H42N2/c1-35-13-10-20-44(29-35)52(43-18-4-3-5-19-43)48-23-8-6-22-46(48)47-30-36(2)51(33-49(47)52)54-50-24-9-7-21-45(50)42-17-12-16-41(32-42)40-15-11-14-39(31-40)38-27-25-37(34-53)26-28-38/h3-12,14-33,35-36,51,54H,13H2,1-2H3. The molecule has 0 saturated carbocycles. The molecule has 0 amide bonds. The molecular formula is C52H42N2. The monoisotopic (exact) mass is 694 g/mol. The minimum Gasteiger partial charge on any atom is -0.378 e. The van der Waals surface area contributed by atoms with E-state index in [-0.39, 0.29) is 12.0 Å². The van der Waals surface area contributed by atoms with Crippen LogP contribution in [0.15, 0.2) is 193 Å². The van der Waals surface area contributed by atoms with Crippen molar-refractivity contribution in [2.24, 2.45) is 11.8 Å². The number of nitrogens with zero attached hydrogens (tertiary/aromatic N) is 1. The zero-order valence-electron chi connectivity index (χ0n) is 30.7. The number of rotatable bonds is 7. The first-order valence-electron chi connectivity index (χ1n) is 19.1. The van der Waals surface area contributed by atoms with Crippen LogP contribution in [0, 0.1) is 23.2 Å². The number of fused-ring (bicyclic) bond motifs is 3. The highest BCUT2D eigenvalue weighted by atomic mass is 14.9. The van der Waals surface area contributed by atoms with Gasteiger partial charge in [-0.25, -0.2) is 0 Å². The molecular weight excluding hydrogens is 653 g/mol. The van der Waals surface area contributed by atoms with Crippen molar-refractivity contribution < 1.29 is 0 Å². The van der Waals surface area contributed by atoms with Gasteiger partial charge in [0, 0.05) is 11.3 Å². The molecule has 0 heterocycles. The lowest BCUT2D eigenvalue weighted by Gasteiger charge is -2.39. The molecule has 0 radical (unpaired) electrons. The largest absolute Gasteiger partial charge is 0.378 e. The first-order valence-corrected chi connectivity index (χ1v) is 19.1. The van der Waals surface area contributed by atoms with E-state index in [0.29, 0.717) is 11.5 Å². The maximum absolute atomic E-state index is 9.26. The van der Waals surface area contributed by atoms with Crippen molar-refractivity contribution in [2.45, 2.75) is 31.7 Å². The van der Waals surface area contributed by atoms with E-state index in [9.17, 15) is 5.26 Å². The Bertz CT molecular complexity index is 2540. The number of nitriles is 1. The summed E-state index contributed by atoms with van der Waals surface area (Å²) in [6.45, 7) is 4.68. The highest BCUT2D eigenvalue weighted by Crippen LogP contribution is 2.59. The lowest BCUT2D eigenvalue weighted by atomic mass is 9.64. The third-order valence-electron chi connectivity index (χ3n) is 11.5. The molecule has 0 fully saturated rings. The second kappa shape index (κ2) is 13.8. The molecule has 3 aliphatic rings. The molecule has 0 bridgehead atoms. The van der Waals surface area contributed by atoms with Gasteiger partial charge in [0.1, 0.15) is 0 Å². The van der Waals surface area contributed by atoms with Crippen LogP contribution in [0.2, 0.25) is 0 Å². The van der Waals surface area contributed by atoms with Gasteiger partial charge in [-0.3, -0.25) is 0 Å². The summed E-state index contributed by atoms with van der Waals surface area (Å²) < 4.78 is 0. The van der Waals surface area contributed by atoms with Crippen molar-refractivity contribution in [2.75, 3.05) is 5.32 Å². The van der Waals surface area contributed by atoms with Gasteiger partial charge >= 0.3 is 0 Å². The number of anilines is 1. The number of benzene rings is 6. The molecule has 0 aliphatic heterocycles. The SMILES string of the molecule is CC1C=C(C2(c3ccccc3)C3=CC(Nc4ccccc4-c4cccc(-c5cccc(-c6ccc(C#N)cc6)c5)c4)C(C)C=C3c3ccccc32)C=CC1. The van der Waals surface area contributed by atoms with Crippen LogP contribution in [0.4, 0.5) is 5.69 Å². The highest BCUT2D eigenvalue weighted by molar-refractivity contribution is 5.96. The molecule has 3 aliphatic carbocycles. The summed E-state index contributed by atoms with van der Waals surface area (Å²) in [5.74, 6) is 0.742. The summed E-state index contributed by atoms with van der Waals surface area (Å²) in [4.78, 5) is 0. The number of hydrogen-bond acceptors (Lipinski definition) is 2. The topological polar surface area (TPSA) is 35.8 Å². The lowest BCUT2D eigenvalue weighted by Crippen LogP contribution is -2.34. The van der Waals surface area contributed by atoms with Gasteiger partial charge in [-0.05, 0) is 110 Å². The second-order valence-corrected chi connectivity index (χ2v) is 15.0. The molecule has 2 nitrogen and oxygen atoms in total. The molecule has 0 saturated heterocycles. The Morgan fingerprint density at radius 2 is 1.26 bits per heavy atom. The van der Waals surface area contributed by atoms with Gasteiger partial charge in [-0.1, -0.05) is 166 Å². The van der Waals surface area contributed by atoms with Gasteiger partial charge in [-0.15, -0.1) is 0 Å². The van der Waals surface area contributed by atoms with Crippen molar-refractivity contribution in [3.63, 3.8) is 0 Å². The molecule has 2 heteroatoms. The minimum absolute atomic E-state index is 0.0835. The van der Waals surface area contributed by atoms with Gasteiger partial charge < -0.3 is 5.32 Å². The molecule has 6 aromatic carbocycles. The van der Waals surface area contributed by atoms with E-state index >= 15 is 0 Å². The van der Waals surface area contributed by atoms with Gasteiger partial charge in [0.05, 0.1) is 23.1 Å². The molecule has 9 rings (SSSR count). The summed E-state index contributed by atoms with van der Waals surface area (Å²) in [6, 6.07) is 56.5. The van der Waals surface area contributed by atoms with E-state index in [1.807, 2.05) is 24.3 Å². The van der Waals surface area contributed by atoms with Crippen molar-refractivity contribution in [1.29, 1.82) is 5.26 Å². The average Bonchev–Trinajstić information content (AvgIpc) is 3.51. The lowest BCUT2D eigenvalue weighted by molar-refractivity contribution is 0.637. The van der Waals surface area contributed by atoms with E-state index in [2.05, 4.69) is 183 Å². The summed E-state index contributed by atoms with van der Waals surface area (Å²) in [6.07, 6.45) is 13.4. The predicted molar refractivity (Wildman–Crippen MR) is 225 cm³/mol. The third kappa shape index (κ3) is 5.74. The van der Waals surface area contributed by atoms with Gasteiger partial charge in [-0.2, -0.15) is 5.26 Å². The number of allylic oxidation sites excluding steroid dienone is 6. The van der Waals surface area contributed by atoms with Crippen molar-refractivity contribution in [3.05, 3.63) is 215 Å². The second-order valence-electron chi connectivity index (χ2n) is 15.0. The fraction of sp³-hybridized carbons (Fsp3) is 0.135. The van der Waals surface area contributed by atoms with Crippen LogP contribution < -0.4 is 5.32 Å². The maximum atomic E-state index is 9.26. The average molecular weight is 695 g/mol. The van der Waals surface area contributed by atoms with E-state index < -0.39 is 5.41 Å². The van der Waals surface area contributed by atoms with Crippen LogP contribution in [0.3, 0.4) is 0 Å². The van der Waals surface area contributed by atoms with Crippen molar-refractivity contribution >= 4 is 11.3 Å². The van der Waals surface area contributed by atoms with Crippen LogP contribution in [0.5, 0.6) is 0 Å². The smallest absolute Gasteiger partial charge is 0.0991 e. The molecule has 4 atom stereocenters. The van der Waals surface area contributed by atoms with Gasteiger partial charge in [0.2, 0.25) is 0 Å². The van der Waals surface area contributed by atoms with Crippen LogP contribution in [-0.4, -0.2) is 6.04 Å². The van der Waals surface area contributed by atoms with E-state index in [1.54, 1.807) is 0 Å². The molecule has 54 heavy (non-hydrogen) atoms. The molecule has 1 N–H and O–H groups in total. The Morgan fingerprint density at radius 3 is 2.00 bits per heavy atom. The predicted octanol–water partition coefficient (Wildman–Crippen LogP) is 12.8. The number of nitrogens with one attached hydrogen (secondary N) is 1. The normalized spacial score (nSPS) is 21.2. The van der Waals surface area contributed by atoms with E-state index in [0.717, 1.165) is 34.4 Å². The Hall–Kier alpha value is -6.43. The van der Waals surface area contributed by atoms with E-state index in [4.69, 9.17) is 0 Å². The van der Waals surface area contributed by atoms with Crippen LogP contribution in [0.1, 0.15) is 42.5 Å². The molecule has 0 aromatic heterocycles. The summed E-state index contributed by atoms with van der Waals surface area (Å²) >= 11 is 0.